The first-order chi connectivity index (χ1) is 25.5. The topological polar surface area (TPSA) is 164 Å². The van der Waals surface area contributed by atoms with Gasteiger partial charge in [-0.25, -0.2) is 18.4 Å². The Morgan fingerprint density at radius 1 is 0.792 bits per heavy atom. The molecule has 4 N–H and O–H groups in total. The number of nitrogens with one attached hydrogen (secondary N) is 4. The number of fused-ring (bicyclic) bond motifs is 1. The number of aromatic nitrogens is 3. The van der Waals surface area contributed by atoms with E-state index < -0.39 is 9.84 Å². The molecule has 2 atom stereocenters. The number of benzene rings is 2. The zero-order valence-electron chi connectivity index (χ0n) is 28.8. The SMILES string of the molecule is CS(=O)(=O)c1nc(-c2cccc(-c3cccc(-c4ccn5c(=O)c(CNC[C@@H]6CCC(=O)N6)cnc5c4)c3Cl)c2Cl)ccc1CNC[C@@H]1CCC(=O)N1. The first-order valence-electron chi connectivity index (χ1n) is 17.2. The lowest BCUT2D eigenvalue weighted by atomic mass is 9.97. The molecule has 2 aliphatic heterocycles. The molecule has 2 aromatic carbocycles. The largest absolute Gasteiger partial charge is 0.352 e. The van der Waals surface area contributed by atoms with Crippen molar-refractivity contribution in [2.45, 2.75) is 55.9 Å². The minimum atomic E-state index is -3.70. The second kappa shape index (κ2) is 15.4. The summed E-state index contributed by atoms with van der Waals surface area (Å²) < 4.78 is 27.2. The molecule has 53 heavy (non-hydrogen) atoms. The normalized spacial score (nSPS) is 17.3. The first-order valence-corrected chi connectivity index (χ1v) is 19.9. The molecular formula is C38H37Cl2N7O5S. The highest BCUT2D eigenvalue weighted by atomic mass is 35.5. The van der Waals surface area contributed by atoms with Crippen molar-refractivity contribution in [3.8, 4) is 33.5 Å². The molecule has 2 aliphatic rings. The molecular weight excluding hydrogens is 737 g/mol. The molecule has 5 aromatic rings. The molecule has 0 aliphatic carbocycles. The highest BCUT2D eigenvalue weighted by molar-refractivity contribution is 7.90. The van der Waals surface area contributed by atoms with Gasteiger partial charge in [0.2, 0.25) is 11.8 Å². The summed E-state index contributed by atoms with van der Waals surface area (Å²) in [5, 5.41) is 13.0. The van der Waals surface area contributed by atoms with Crippen LogP contribution in [0.15, 0.2) is 82.9 Å². The van der Waals surface area contributed by atoms with Crippen molar-refractivity contribution in [2.24, 2.45) is 0 Å². The van der Waals surface area contributed by atoms with E-state index in [0.717, 1.165) is 24.7 Å². The van der Waals surface area contributed by atoms with Gasteiger partial charge in [0.15, 0.2) is 14.9 Å². The highest BCUT2D eigenvalue weighted by Crippen LogP contribution is 2.42. The molecule has 0 bridgehead atoms. The molecule has 7 rings (SSSR count). The lowest BCUT2D eigenvalue weighted by Gasteiger charge is -2.16. The quantitative estimate of drug-likeness (QED) is 0.143. The van der Waals surface area contributed by atoms with Gasteiger partial charge < -0.3 is 21.3 Å². The van der Waals surface area contributed by atoms with Crippen LogP contribution in [0, 0.1) is 0 Å². The van der Waals surface area contributed by atoms with Gasteiger partial charge in [0.05, 0.1) is 15.7 Å². The number of halogens is 2. The van der Waals surface area contributed by atoms with Crippen LogP contribution in [0.25, 0.3) is 39.2 Å². The van der Waals surface area contributed by atoms with Crippen molar-refractivity contribution in [1.82, 2.24) is 35.6 Å². The number of amides is 2. The second-order valence-corrected chi connectivity index (χ2v) is 16.1. The Labute approximate surface area is 316 Å². The van der Waals surface area contributed by atoms with Gasteiger partial charge in [-0.15, -0.1) is 0 Å². The van der Waals surface area contributed by atoms with E-state index in [2.05, 4.69) is 31.2 Å². The van der Waals surface area contributed by atoms with E-state index in [1.165, 1.54) is 4.40 Å². The summed E-state index contributed by atoms with van der Waals surface area (Å²) in [6.07, 6.45) is 6.87. The van der Waals surface area contributed by atoms with E-state index in [9.17, 15) is 22.8 Å². The summed E-state index contributed by atoms with van der Waals surface area (Å²) >= 11 is 14.1. The molecule has 12 nitrogen and oxygen atoms in total. The molecule has 0 unspecified atom stereocenters. The molecule has 2 saturated heterocycles. The van der Waals surface area contributed by atoms with Crippen LogP contribution >= 0.6 is 23.2 Å². The van der Waals surface area contributed by atoms with Gasteiger partial charge in [0.1, 0.15) is 5.65 Å². The van der Waals surface area contributed by atoms with E-state index in [0.29, 0.717) is 87.2 Å². The molecule has 2 amide bonds. The Balaban J connectivity index is 1.13. The van der Waals surface area contributed by atoms with E-state index >= 15 is 0 Å². The predicted octanol–water partition coefficient (Wildman–Crippen LogP) is 4.54. The maximum absolute atomic E-state index is 13.3. The van der Waals surface area contributed by atoms with Crippen LogP contribution in [0.3, 0.4) is 0 Å². The number of hydrogen-bond acceptors (Lipinski definition) is 9. The minimum Gasteiger partial charge on any atom is -0.352 e. The second-order valence-electron chi connectivity index (χ2n) is 13.4. The zero-order valence-corrected chi connectivity index (χ0v) is 31.1. The van der Waals surface area contributed by atoms with E-state index in [-0.39, 0.29) is 41.0 Å². The number of sulfone groups is 1. The number of pyridine rings is 2. The summed E-state index contributed by atoms with van der Waals surface area (Å²) in [6, 6.07) is 18.2. The fourth-order valence-corrected chi connectivity index (χ4v) is 8.34. The van der Waals surface area contributed by atoms with Crippen LogP contribution in [0.2, 0.25) is 10.0 Å². The lowest BCUT2D eigenvalue weighted by Crippen LogP contribution is -2.36. The number of hydrogen-bond donors (Lipinski definition) is 4. The van der Waals surface area contributed by atoms with Crippen molar-refractivity contribution in [1.29, 1.82) is 0 Å². The molecule has 274 valence electrons. The summed E-state index contributed by atoms with van der Waals surface area (Å²) in [5.41, 5.74) is 4.96. The van der Waals surface area contributed by atoms with Crippen molar-refractivity contribution in [3.63, 3.8) is 0 Å². The number of nitrogens with zero attached hydrogens (tertiary/aromatic N) is 3. The number of carbonyl (C=O) groups excluding carboxylic acids is 2. The minimum absolute atomic E-state index is 0.00632. The van der Waals surface area contributed by atoms with Crippen molar-refractivity contribution in [3.05, 3.63) is 105 Å². The van der Waals surface area contributed by atoms with Crippen LogP contribution < -0.4 is 26.8 Å². The molecule has 0 spiro atoms. The summed E-state index contributed by atoms with van der Waals surface area (Å²) in [7, 11) is -3.70. The Morgan fingerprint density at radius 3 is 1.98 bits per heavy atom. The summed E-state index contributed by atoms with van der Waals surface area (Å²) in [5.74, 6) is 0.0630. The third-order valence-corrected chi connectivity index (χ3v) is 11.4. The van der Waals surface area contributed by atoms with Gasteiger partial charge in [0, 0.05) is 103 Å². The smallest absolute Gasteiger partial charge is 0.262 e. The maximum Gasteiger partial charge on any atom is 0.262 e. The molecule has 2 fully saturated rings. The molecule has 0 saturated carbocycles. The number of rotatable bonds is 12. The van der Waals surface area contributed by atoms with E-state index in [4.69, 9.17) is 23.2 Å². The van der Waals surface area contributed by atoms with E-state index in [1.807, 2.05) is 30.3 Å². The van der Waals surface area contributed by atoms with Crippen molar-refractivity contribution >= 4 is 50.5 Å². The zero-order chi connectivity index (χ0) is 37.3. The Kier molecular flexibility index (Phi) is 10.6. The Hall–Kier alpha value is -4.66. The van der Waals surface area contributed by atoms with Gasteiger partial charge in [-0.2, -0.15) is 0 Å². The third-order valence-electron chi connectivity index (χ3n) is 9.53. The van der Waals surface area contributed by atoms with Gasteiger partial charge in [-0.1, -0.05) is 65.7 Å². The third kappa shape index (κ3) is 7.99. The fraction of sp³-hybridized carbons (Fsp3) is 0.289. The van der Waals surface area contributed by atoms with Crippen molar-refractivity contribution in [2.75, 3.05) is 19.3 Å². The molecule has 15 heteroatoms. The fourth-order valence-electron chi connectivity index (χ4n) is 6.80. The average molecular weight is 775 g/mol. The predicted molar refractivity (Wildman–Crippen MR) is 204 cm³/mol. The van der Waals surface area contributed by atoms with Crippen LogP contribution in [-0.2, 0) is 32.5 Å². The first kappa shape index (κ1) is 36.7. The number of carbonyl (C=O) groups is 2. The highest BCUT2D eigenvalue weighted by Gasteiger charge is 2.23. The standard InChI is InChI=1S/C38H37Cl2N7O5S/c1-53(51,52)37-23(17-41-20-25-9-12-33(48)44-25)8-11-31(46-37)30-7-3-6-29(36(30)40)28-5-2-4-27(35(28)39)22-14-15-47-32(16-22)43-19-24(38(47)50)18-42-21-26-10-13-34(49)45-26/h2-8,11,14-16,19,25-26,41-42H,9-10,12-13,17-18,20-21H2,1H3,(H,44,48)(H,45,49)/t25-,26-/m0/s1. The summed E-state index contributed by atoms with van der Waals surface area (Å²) in [4.78, 5) is 45.4. The molecule has 3 aromatic heterocycles. The van der Waals surface area contributed by atoms with Crippen LogP contribution in [0.5, 0.6) is 0 Å². The Morgan fingerprint density at radius 2 is 1.38 bits per heavy atom. The van der Waals surface area contributed by atoms with Gasteiger partial charge in [-0.3, -0.25) is 18.8 Å². The van der Waals surface area contributed by atoms with Crippen molar-refractivity contribution < 1.29 is 18.0 Å². The monoisotopic (exact) mass is 773 g/mol. The van der Waals surface area contributed by atoms with Gasteiger partial charge >= 0.3 is 0 Å². The maximum atomic E-state index is 13.3. The summed E-state index contributed by atoms with van der Waals surface area (Å²) in [6.45, 7) is 1.67. The van der Waals surface area contributed by atoms with Gasteiger partial charge in [-0.05, 0) is 36.6 Å². The van der Waals surface area contributed by atoms with E-state index in [1.54, 1.807) is 42.7 Å². The van der Waals surface area contributed by atoms with Crippen LogP contribution in [0.4, 0.5) is 0 Å². The van der Waals surface area contributed by atoms with Crippen LogP contribution in [0.1, 0.15) is 36.8 Å². The lowest BCUT2D eigenvalue weighted by molar-refractivity contribution is -0.120. The molecule has 0 radical (unpaired) electrons. The molecule has 5 heterocycles. The average Bonchev–Trinajstić information content (AvgIpc) is 3.76. The van der Waals surface area contributed by atoms with Crippen LogP contribution in [-0.4, -0.2) is 66.0 Å². The van der Waals surface area contributed by atoms with Gasteiger partial charge in [0.25, 0.3) is 5.56 Å². The Bertz CT molecular complexity index is 2420.